The third kappa shape index (κ3) is 3.74. The van der Waals surface area contributed by atoms with Crippen molar-refractivity contribution in [3.05, 3.63) is 28.2 Å². The number of halogens is 1. The van der Waals surface area contributed by atoms with Crippen molar-refractivity contribution in [2.45, 2.75) is 32.7 Å². The first-order chi connectivity index (χ1) is 9.41. The van der Waals surface area contributed by atoms with Crippen LogP contribution in [0.5, 0.6) is 0 Å². The van der Waals surface area contributed by atoms with Crippen LogP contribution in [0.2, 0.25) is 0 Å². The summed E-state index contributed by atoms with van der Waals surface area (Å²) in [4.78, 5) is 5.06. The SMILES string of the molecule is CC(C)(C)N1CCN(c2ccc(Br)cc2CCN)CC1. The molecule has 0 spiro atoms. The minimum absolute atomic E-state index is 0.270. The number of benzene rings is 1. The molecule has 1 fully saturated rings. The van der Waals surface area contributed by atoms with Gasteiger partial charge in [-0.05, 0) is 57.5 Å². The van der Waals surface area contributed by atoms with Gasteiger partial charge in [0.1, 0.15) is 0 Å². The fourth-order valence-electron chi connectivity index (χ4n) is 2.84. The van der Waals surface area contributed by atoms with Crippen LogP contribution < -0.4 is 10.6 Å². The highest BCUT2D eigenvalue weighted by Crippen LogP contribution is 2.27. The molecule has 3 nitrogen and oxygen atoms in total. The van der Waals surface area contributed by atoms with E-state index in [9.17, 15) is 0 Å². The lowest BCUT2D eigenvalue weighted by molar-refractivity contribution is 0.128. The molecule has 0 saturated carbocycles. The van der Waals surface area contributed by atoms with Gasteiger partial charge >= 0.3 is 0 Å². The number of piperazine rings is 1. The van der Waals surface area contributed by atoms with Crippen molar-refractivity contribution in [3.8, 4) is 0 Å². The van der Waals surface area contributed by atoms with Gasteiger partial charge in [-0.2, -0.15) is 0 Å². The molecule has 0 aliphatic carbocycles. The molecule has 0 radical (unpaired) electrons. The van der Waals surface area contributed by atoms with E-state index in [1.807, 2.05) is 0 Å². The molecule has 1 aromatic rings. The van der Waals surface area contributed by atoms with E-state index < -0.39 is 0 Å². The van der Waals surface area contributed by atoms with Crippen LogP contribution in [0.3, 0.4) is 0 Å². The van der Waals surface area contributed by atoms with Gasteiger partial charge in [-0.1, -0.05) is 15.9 Å². The van der Waals surface area contributed by atoms with Gasteiger partial charge in [-0.15, -0.1) is 0 Å². The third-order valence-corrected chi connectivity index (χ3v) is 4.52. The minimum Gasteiger partial charge on any atom is -0.369 e. The van der Waals surface area contributed by atoms with Crippen molar-refractivity contribution in [2.75, 3.05) is 37.6 Å². The van der Waals surface area contributed by atoms with E-state index >= 15 is 0 Å². The van der Waals surface area contributed by atoms with Crippen LogP contribution in [0.1, 0.15) is 26.3 Å². The lowest BCUT2D eigenvalue weighted by Crippen LogP contribution is -2.53. The van der Waals surface area contributed by atoms with Crippen LogP contribution in [0, 0.1) is 0 Å². The van der Waals surface area contributed by atoms with Gasteiger partial charge < -0.3 is 10.6 Å². The van der Waals surface area contributed by atoms with Gasteiger partial charge in [-0.3, -0.25) is 4.90 Å². The maximum atomic E-state index is 5.75. The van der Waals surface area contributed by atoms with Gasteiger partial charge in [0.25, 0.3) is 0 Å². The molecule has 0 atom stereocenters. The zero-order chi connectivity index (χ0) is 14.8. The fraction of sp³-hybridized carbons (Fsp3) is 0.625. The largest absolute Gasteiger partial charge is 0.369 e. The maximum Gasteiger partial charge on any atom is 0.0400 e. The first kappa shape index (κ1) is 15.8. The van der Waals surface area contributed by atoms with Crippen molar-refractivity contribution >= 4 is 21.6 Å². The summed E-state index contributed by atoms with van der Waals surface area (Å²) >= 11 is 3.56. The molecule has 1 aromatic carbocycles. The number of hydrogen-bond donors (Lipinski definition) is 1. The highest BCUT2D eigenvalue weighted by molar-refractivity contribution is 9.10. The lowest BCUT2D eigenvalue weighted by atomic mass is 10.0. The van der Waals surface area contributed by atoms with Crippen LogP contribution in [-0.4, -0.2) is 43.2 Å². The van der Waals surface area contributed by atoms with Crippen molar-refractivity contribution in [2.24, 2.45) is 5.73 Å². The number of anilines is 1. The highest BCUT2D eigenvalue weighted by Gasteiger charge is 2.26. The molecule has 2 N–H and O–H groups in total. The van der Waals surface area contributed by atoms with E-state index in [2.05, 4.69) is 64.7 Å². The Labute approximate surface area is 131 Å². The molecule has 0 unspecified atom stereocenters. The van der Waals surface area contributed by atoms with Crippen molar-refractivity contribution < 1.29 is 0 Å². The summed E-state index contributed by atoms with van der Waals surface area (Å²) < 4.78 is 1.14. The summed E-state index contributed by atoms with van der Waals surface area (Å²) in [6.45, 7) is 12.0. The Morgan fingerprint density at radius 2 is 1.80 bits per heavy atom. The molecule has 0 aromatic heterocycles. The second-order valence-corrected chi connectivity index (χ2v) is 7.37. The molecule has 112 valence electrons. The van der Waals surface area contributed by atoms with Gasteiger partial charge in [0.2, 0.25) is 0 Å². The number of nitrogens with two attached hydrogens (primary N) is 1. The molecule has 0 amide bonds. The molecule has 2 rings (SSSR count). The zero-order valence-corrected chi connectivity index (χ0v) is 14.4. The number of hydrogen-bond acceptors (Lipinski definition) is 3. The molecule has 1 saturated heterocycles. The average molecular weight is 340 g/mol. The molecule has 1 aliphatic rings. The highest BCUT2D eigenvalue weighted by atomic mass is 79.9. The molecule has 1 aliphatic heterocycles. The van der Waals surface area contributed by atoms with E-state index in [1.165, 1.54) is 11.3 Å². The van der Waals surface area contributed by atoms with E-state index in [0.29, 0.717) is 6.54 Å². The van der Waals surface area contributed by atoms with E-state index in [0.717, 1.165) is 37.1 Å². The second-order valence-electron chi connectivity index (χ2n) is 6.46. The zero-order valence-electron chi connectivity index (χ0n) is 12.8. The molecule has 1 heterocycles. The number of nitrogens with zero attached hydrogens (tertiary/aromatic N) is 2. The Morgan fingerprint density at radius 3 is 2.35 bits per heavy atom. The predicted octanol–water partition coefficient (Wildman–Crippen LogP) is 2.87. The third-order valence-electron chi connectivity index (χ3n) is 4.02. The van der Waals surface area contributed by atoms with E-state index in [-0.39, 0.29) is 5.54 Å². The summed E-state index contributed by atoms with van der Waals surface area (Å²) in [6, 6.07) is 6.56. The van der Waals surface area contributed by atoms with Crippen LogP contribution in [-0.2, 0) is 6.42 Å². The van der Waals surface area contributed by atoms with Gasteiger partial charge in [0.15, 0.2) is 0 Å². The topological polar surface area (TPSA) is 32.5 Å². The Kier molecular flexibility index (Phi) is 5.10. The Bertz CT molecular complexity index is 446. The van der Waals surface area contributed by atoms with E-state index in [1.54, 1.807) is 0 Å². The quantitative estimate of drug-likeness (QED) is 0.918. The molecule has 20 heavy (non-hydrogen) atoms. The summed E-state index contributed by atoms with van der Waals surface area (Å²) in [5, 5.41) is 0. The Hall–Kier alpha value is -0.580. The summed E-state index contributed by atoms with van der Waals surface area (Å²) in [5.41, 5.74) is 8.72. The normalized spacial score (nSPS) is 17.6. The monoisotopic (exact) mass is 339 g/mol. The first-order valence-electron chi connectivity index (χ1n) is 7.40. The Morgan fingerprint density at radius 1 is 1.15 bits per heavy atom. The van der Waals surface area contributed by atoms with Gasteiger partial charge in [0.05, 0.1) is 0 Å². The fourth-order valence-corrected chi connectivity index (χ4v) is 3.24. The summed E-state index contributed by atoms with van der Waals surface area (Å²) in [5.74, 6) is 0. The maximum absolute atomic E-state index is 5.75. The van der Waals surface area contributed by atoms with Gasteiger partial charge in [-0.25, -0.2) is 0 Å². The molecule has 0 bridgehead atoms. The van der Waals surface area contributed by atoms with E-state index in [4.69, 9.17) is 5.73 Å². The smallest absolute Gasteiger partial charge is 0.0400 e. The first-order valence-corrected chi connectivity index (χ1v) is 8.19. The standard InChI is InChI=1S/C16H26BrN3/c1-16(2,3)20-10-8-19(9-11-20)15-5-4-14(17)12-13(15)6-7-18/h4-5,12H,6-11,18H2,1-3H3. The van der Waals surface area contributed by atoms with Crippen molar-refractivity contribution in [3.63, 3.8) is 0 Å². The summed E-state index contributed by atoms with van der Waals surface area (Å²) in [6.07, 6.45) is 0.939. The van der Waals surface area contributed by atoms with Crippen LogP contribution in [0.4, 0.5) is 5.69 Å². The molecular weight excluding hydrogens is 314 g/mol. The molecular formula is C16H26BrN3. The minimum atomic E-state index is 0.270. The second kappa shape index (κ2) is 6.46. The van der Waals surface area contributed by atoms with Crippen LogP contribution >= 0.6 is 15.9 Å². The van der Waals surface area contributed by atoms with Gasteiger partial charge in [0, 0.05) is 41.9 Å². The summed E-state index contributed by atoms with van der Waals surface area (Å²) in [7, 11) is 0. The van der Waals surface area contributed by atoms with Crippen LogP contribution in [0.15, 0.2) is 22.7 Å². The lowest BCUT2D eigenvalue weighted by Gasteiger charge is -2.43. The van der Waals surface area contributed by atoms with Crippen LogP contribution in [0.25, 0.3) is 0 Å². The Balaban J connectivity index is 2.10. The predicted molar refractivity (Wildman–Crippen MR) is 90.4 cm³/mol. The van der Waals surface area contributed by atoms with Crippen molar-refractivity contribution in [1.82, 2.24) is 4.90 Å². The number of rotatable bonds is 3. The average Bonchev–Trinajstić information content (AvgIpc) is 2.38. The van der Waals surface area contributed by atoms with Crippen molar-refractivity contribution in [1.29, 1.82) is 0 Å². The molecule has 4 heteroatoms.